The summed E-state index contributed by atoms with van der Waals surface area (Å²) in [6, 6.07) is 7.30. The fourth-order valence-corrected chi connectivity index (χ4v) is 3.02. The monoisotopic (exact) mass is 333 g/mol. The average molecular weight is 333 g/mol. The number of carbonyl (C=O) groups excluding carboxylic acids is 1. The summed E-state index contributed by atoms with van der Waals surface area (Å²) in [5.41, 5.74) is 0.684. The summed E-state index contributed by atoms with van der Waals surface area (Å²) >= 11 is 1.46. The number of nitrogens with zero attached hydrogens (tertiary/aromatic N) is 2. The predicted molar refractivity (Wildman–Crippen MR) is 89.3 cm³/mol. The molecule has 1 aliphatic rings. The van der Waals surface area contributed by atoms with Gasteiger partial charge in [-0.05, 0) is 19.1 Å². The lowest BCUT2D eigenvalue weighted by molar-refractivity contribution is 0.194. The number of likely N-dealkylation sites (tertiary alicyclic amines) is 1. The maximum Gasteiger partial charge on any atom is 0.322 e. The molecule has 1 saturated heterocycles. The second kappa shape index (κ2) is 7.32. The molecule has 0 saturated carbocycles. The number of anilines is 1. The Hall–Kier alpha value is -2.28. The molecule has 6 nitrogen and oxygen atoms in total. The van der Waals surface area contributed by atoms with E-state index in [2.05, 4.69) is 10.3 Å². The first kappa shape index (κ1) is 15.6. The Labute approximate surface area is 139 Å². The van der Waals surface area contributed by atoms with Crippen LogP contribution in [0.5, 0.6) is 10.9 Å². The number of urea groups is 1. The summed E-state index contributed by atoms with van der Waals surface area (Å²) in [6.45, 7) is 3.70. The topological polar surface area (TPSA) is 63.7 Å². The van der Waals surface area contributed by atoms with Crippen molar-refractivity contribution in [3.8, 4) is 10.9 Å². The summed E-state index contributed by atoms with van der Waals surface area (Å²) in [7, 11) is 0. The number of aromatic nitrogens is 1. The van der Waals surface area contributed by atoms with Crippen molar-refractivity contribution in [2.24, 2.45) is 0 Å². The number of hydrogen-bond donors (Lipinski definition) is 1. The van der Waals surface area contributed by atoms with Crippen LogP contribution in [0.25, 0.3) is 0 Å². The number of amides is 2. The van der Waals surface area contributed by atoms with Gasteiger partial charge in [-0.25, -0.2) is 9.78 Å². The van der Waals surface area contributed by atoms with E-state index in [9.17, 15) is 4.79 Å². The molecule has 1 aromatic carbocycles. The van der Waals surface area contributed by atoms with E-state index in [1.54, 1.807) is 11.1 Å². The number of nitrogens with one attached hydrogen (secondary N) is 1. The Morgan fingerprint density at radius 1 is 1.48 bits per heavy atom. The zero-order valence-corrected chi connectivity index (χ0v) is 13.7. The summed E-state index contributed by atoms with van der Waals surface area (Å²) < 4.78 is 11.3. The Kier molecular flexibility index (Phi) is 4.97. The average Bonchev–Trinajstić information content (AvgIpc) is 3.22. The highest BCUT2D eigenvalue weighted by Crippen LogP contribution is 2.25. The van der Waals surface area contributed by atoms with Gasteiger partial charge >= 0.3 is 6.03 Å². The van der Waals surface area contributed by atoms with Gasteiger partial charge in [0, 0.05) is 24.5 Å². The van der Waals surface area contributed by atoms with Gasteiger partial charge in [-0.1, -0.05) is 23.5 Å². The summed E-state index contributed by atoms with van der Waals surface area (Å²) in [5, 5.41) is 5.44. The lowest BCUT2D eigenvalue weighted by Crippen LogP contribution is -2.34. The predicted octanol–water partition coefficient (Wildman–Crippen LogP) is 3.23. The molecular formula is C16H19N3O3S. The van der Waals surface area contributed by atoms with E-state index in [0.29, 0.717) is 36.3 Å². The smallest absolute Gasteiger partial charge is 0.322 e. The third-order valence-corrected chi connectivity index (χ3v) is 4.20. The van der Waals surface area contributed by atoms with Gasteiger partial charge in [0.25, 0.3) is 5.19 Å². The normalized spacial score (nSPS) is 17.1. The molecule has 1 aromatic heterocycles. The fourth-order valence-electron chi connectivity index (χ4n) is 2.47. The molecule has 2 heterocycles. The summed E-state index contributed by atoms with van der Waals surface area (Å²) in [6.07, 6.45) is 2.51. The van der Waals surface area contributed by atoms with Crippen LogP contribution in [0, 0.1) is 0 Å². The molecule has 0 spiro atoms. The minimum Gasteiger partial charge on any atom is -0.492 e. The Morgan fingerprint density at radius 3 is 3.13 bits per heavy atom. The molecule has 1 atom stereocenters. The molecule has 3 rings (SSSR count). The summed E-state index contributed by atoms with van der Waals surface area (Å²) in [4.78, 5) is 18.3. The van der Waals surface area contributed by atoms with E-state index >= 15 is 0 Å². The van der Waals surface area contributed by atoms with Crippen molar-refractivity contribution in [1.29, 1.82) is 0 Å². The van der Waals surface area contributed by atoms with Crippen molar-refractivity contribution in [3.63, 3.8) is 0 Å². The van der Waals surface area contributed by atoms with E-state index < -0.39 is 0 Å². The van der Waals surface area contributed by atoms with E-state index in [4.69, 9.17) is 9.47 Å². The molecule has 0 bridgehead atoms. The van der Waals surface area contributed by atoms with Gasteiger partial charge in [0.1, 0.15) is 11.9 Å². The van der Waals surface area contributed by atoms with Crippen molar-refractivity contribution in [3.05, 3.63) is 35.8 Å². The molecule has 1 fully saturated rings. The lowest BCUT2D eigenvalue weighted by Gasteiger charge is -2.18. The van der Waals surface area contributed by atoms with Crippen LogP contribution in [-0.4, -0.2) is 41.7 Å². The van der Waals surface area contributed by atoms with Crippen LogP contribution < -0.4 is 14.8 Å². The zero-order chi connectivity index (χ0) is 16.1. The molecule has 1 N–H and O–H groups in total. The first-order chi connectivity index (χ1) is 11.3. The van der Waals surface area contributed by atoms with Crippen molar-refractivity contribution in [2.75, 3.05) is 25.0 Å². The molecule has 1 aliphatic heterocycles. The van der Waals surface area contributed by atoms with Gasteiger partial charge < -0.3 is 19.7 Å². The van der Waals surface area contributed by atoms with Crippen LogP contribution in [0.1, 0.15) is 13.3 Å². The van der Waals surface area contributed by atoms with E-state index in [1.807, 2.05) is 36.6 Å². The lowest BCUT2D eigenvalue weighted by atomic mass is 10.3. The fraction of sp³-hybridized carbons (Fsp3) is 0.375. The molecule has 1 unspecified atom stereocenters. The minimum atomic E-state index is -0.137. The van der Waals surface area contributed by atoms with Gasteiger partial charge in [0.15, 0.2) is 0 Å². The van der Waals surface area contributed by atoms with E-state index in [-0.39, 0.29) is 12.1 Å². The number of carbonyl (C=O) groups is 1. The first-order valence-electron chi connectivity index (χ1n) is 7.60. The van der Waals surface area contributed by atoms with Crippen LogP contribution in [0.3, 0.4) is 0 Å². The minimum absolute atomic E-state index is 0.00552. The van der Waals surface area contributed by atoms with Gasteiger partial charge in [0.2, 0.25) is 0 Å². The largest absolute Gasteiger partial charge is 0.492 e. The van der Waals surface area contributed by atoms with Crippen LogP contribution in [0.4, 0.5) is 10.5 Å². The van der Waals surface area contributed by atoms with Gasteiger partial charge in [0.05, 0.1) is 18.8 Å². The summed E-state index contributed by atoms with van der Waals surface area (Å²) in [5.74, 6) is 0.679. The van der Waals surface area contributed by atoms with Crippen molar-refractivity contribution < 1.29 is 14.3 Å². The maximum absolute atomic E-state index is 12.4. The van der Waals surface area contributed by atoms with Crippen LogP contribution in [0.15, 0.2) is 35.8 Å². The number of thiazole rings is 1. The van der Waals surface area contributed by atoms with Crippen molar-refractivity contribution in [2.45, 2.75) is 19.4 Å². The molecule has 23 heavy (non-hydrogen) atoms. The number of para-hydroxylation sites is 2. The number of rotatable bonds is 5. The second-order valence-corrected chi connectivity index (χ2v) is 5.99. The molecular weight excluding hydrogens is 314 g/mol. The zero-order valence-electron chi connectivity index (χ0n) is 12.9. The first-order valence-corrected chi connectivity index (χ1v) is 8.48. The molecule has 2 amide bonds. The molecule has 122 valence electrons. The molecule has 7 heteroatoms. The highest BCUT2D eigenvalue weighted by molar-refractivity contribution is 7.11. The Bertz CT molecular complexity index is 648. The number of hydrogen-bond acceptors (Lipinski definition) is 5. The standard InChI is InChI=1S/C16H19N3O3S/c1-2-21-14-6-4-3-5-13(14)18-15(20)19-9-7-12(11-19)22-16-17-8-10-23-16/h3-6,8,10,12H,2,7,9,11H2,1H3,(H,18,20). The Morgan fingerprint density at radius 2 is 2.35 bits per heavy atom. The van der Waals surface area contributed by atoms with Gasteiger partial charge in [-0.3, -0.25) is 0 Å². The molecule has 2 aromatic rings. The third-order valence-electron chi connectivity index (χ3n) is 3.54. The van der Waals surface area contributed by atoms with Crippen LogP contribution in [-0.2, 0) is 0 Å². The van der Waals surface area contributed by atoms with Gasteiger partial charge in [-0.15, -0.1) is 0 Å². The van der Waals surface area contributed by atoms with Crippen LogP contribution >= 0.6 is 11.3 Å². The Balaban J connectivity index is 1.57. The van der Waals surface area contributed by atoms with Crippen LogP contribution in [0.2, 0.25) is 0 Å². The van der Waals surface area contributed by atoms with Crippen molar-refractivity contribution >= 4 is 23.1 Å². The second-order valence-electron chi connectivity index (χ2n) is 5.13. The molecule has 0 radical (unpaired) electrons. The number of benzene rings is 1. The van der Waals surface area contributed by atoms with Crippen molar-refractivity contribution in [1.82, 2.24) is 9.88 Å². The van der Waals surface area contributed by atoms with Gasteiger partial charge in [-0.2, -0.15) is 0 Å². The molecule has 0 aliphatic carbocycles. The number of ether oxygens (including phenoxy) is 2. The highest BCUT2D eigenvalue weighted by atomic mass is 32.1. The highest BCUT2D eigenvalue weighted by Gasteiger charge is 2.28. The third kappa shape index (κ3) is 3.92. The SMILES string of the molecule is CCOc1ccccc1NC(=O)N1CCC(Oc2nccs2)C1. The van der Waals surface area contributed by atoms with E-state index in [0.717, 1.165) is 6.42 Å². The maximum atomic E-state index is 12.4. The van der Waals surface area contributed by atoms with E-state index in [1.165, 1.54) is 11.3 Å². The quantitative estimate of drug-likeness (QED) is 0.912.